The summed E-state index contributed by atoms with van der Waals surface area (Å²) in [4.78, 5) is 8.40. The van der Waals surface area contributed by atoms with Gasteiger partial charge in [-0.05, 0) is 61.4 Å². The zero-order chi connectivity index (χ0) is 24.8. The first kappa shape index (κ1) is 23.9. The number of nitrogens with zero attached hydrogens (tertiary/aromatic N) is 4. The monoisotopic (exact) mass is 477 g/mol. The second-order valence-electron chi connectivity index (χ2n) is 7.59. The average Bonchev–Trinajstić information content (AvgIpc) is 3.32. The van der Waals surface area contributed by atoms with E-state index in [9.17, 15) is 13.2 Å². The highest BCUT2D eigenvalue weighted by atomic mass is 19.4. The number of fused-ring (bicyclic) bond motifs is 1. The van der Waals surface area contributed by atoms with Gasteiger partial charge in [0.2, 0.25) is 0 Å². The summed E-state index contributed by atoms with van der Waals surface area (Å²) in [5.41, 5.74) is 3.29. The number of halogens is 3. The molecule has 0 atom stereocenters. The predicted molar refractivity (Wildman–Crippen MR) is 128 cm³/mol. The Bertz CT molecular complexity index is 1430. The summed E-state index contributed by atoms with van der Waals surface area (Å²) < 4.78 is 43.5. The van der Waals surface area contributed by atoms with Gasteiger partial charge in [-0.3, -0.25) is 9.97 Å². The van der Waals surface area contributed by atoms with Crippen LogP contribution in [0, 0.1) is 6.92 Å². The third kappa shape index (κ3) is 5.81. The first-order valence-corrected chi connectivity index (χ1v) is 10.9. The van der Waals surface area contributed by atoms with Crippen LogP contribution >= 0.6 is 0 Å². The quantitative estimate of drug-likeness (QED) is 0.300. The molecule has 0 spiro atoms. The smallest absolute Gasteiger partial charge is 0.403 e. The normalized spacial score (nSPS) is 11.1. The van der Waals surface area contributed by atoms with Gasteiger partial charge in [-0.15, -0.1) is 5.10 Å². The summed E-state index contributed by atoms with van der Waals surface area (Å²) in [5, 5.41) is 11.6. The van der Waals surface area contributed by atoms with Crippen molar-refractivity contribution in [2.24, 2.45) is 0 Å². The molecule has 0 radical (unpaired) electrons. The molecule has 0 saturated heterocycles. The number of benzene rings is 2. The van der Waals surface area contributed by atoms with Crippen molar-refractivity contribution >= 4 is 22.6 Å². The minimum atomic E-state index is -4.41. The highest BCUT2D eigenvalue weighted by Gasteiger charge is 2.30. The van der Waals surface area contributed by atoms with Crippen molar-refractivity contribution in [3.8, 4) is 11.5 Å². The lowest BCUT2D eigenvalue weighted by Gasteiger charge is -2.08. The lowest BCUT2D eigenvalue weighted by atomic mass is 10.1. The molecule has 3 aromatic heterocycles. The molecule has 0 bridgehead atoms. The summed E-state index contributed by atoms with van der Waals surface area (Å²) in [6, 6.07) is 18.6. The Morgan fingerprint density at radius 1 is 0.886 bits per heavy atom. The maximum Gasteiger partial charge on any atom is 0.416 e. The molecule has 0 fully saturated rings. The molecule has 0 unspecified atom stereocenters. The number of pyridine rings is 2. The molecule has 0 saturated carbocycles. The lowest BCUT2D eigenvalue weighted by molar-refractivity contribution is -0.137. The van der Waals surface area contributed by atoms with E-state index in [2.05, 4.69) is 56.7 Å². The van der Waals surface area contributed by atoms with Gasteiger partial charge in [-0.2, -0.15) is 13.2 Å². The fourth-order valence-corrected chi connectivity index (χ4v) is 3.45. The SMILES string of the molecule is CCc1ccnc2ccccc12.Cc1ncccc1-c1nnc(Nc2cccc(C(F)(F)F)c2)o1. The van der Waals surface area contributed by atoms with Crippen LogP contribution in [0.4, 0.5) is 24.9 Å². The predicted octanol–water partition coefficient (Wildman–Crippen LogP) is 7.00. The van der Waals surface area contributed by atoms with Crippen LogP contribution < -0.4 is 5.32 Å². The molecule has 5 rings (SSSR count). The number of aryl methyl sites for hydroxylation is 2. The van der Waals surface area contributed by atoms with Crippen molar-refractivity contribution in [3.63, 3.8) is 0 Å². The minimum absolute atomic E-state index is 0.00239. The van der Waals surface area contributed by atoms with Crippen LogP contribution in [-0.2, 0) is 12.6 Å². The van der Waals surface area contributed by atoms with Gasteiger partial charge < -0.3 is 9.73 Å². The first-order valence-electron chi connectivity index (χ1n) is 10.9. The van der Waals surface area contributed by atoms with Crippen LogP contribution in [0.1, 0.15) is 23.7 Å². The molecule has 6 nitrogen and oxygen atoms in total. The van der Waals surface area contributed by atoms with Gasteiger partial charge in [0.1, 0.15) is 0 Å². The second kappa shape index (κ2) is 10.3. The molecule has 0 aliphatic heterocycles. The largest absolute Gasteiger partial charge is 0.416 e. The zero-order valence-electron chi connectivity index (χ0n) is 19.0. The average molecular weight is 477 g/mol. The molecule has 0 aliphatic carbocycles. The Morgan fingerprint density at radius 2 is 1.71 bits per heavy atom. The van der Waals surface area contributed by atoms with E-state index in [4.69, 9.17) is 4.42 Å². The van der Waals surface area contributed by atoms with Crippen LogP contribution in [-0.4, -0.2) is 20.2 Å². The van der Waals surface area contributed by atoms with Gasteiger partial charge in [0.05, 0.1) is 16.6 Å². The van der Waals surface area contributed by atoms with Crippen molar-refractivity contribution in [3.05, 3.63) is 95.9 Å². The van der Waals surface area contributed by atoms with Gasteiger partial charge in [0.15, 0.2) is 0 Å². The summed E-state index contributed by atoms with van der Waals surface area (Å²) in [6.07, 6.45) is 0.172. The summed E-state index contributed by atoms with van der Waals surface area (Å²) >= 11 is 0. The highest BCUT2D eigenvalue weighted by molar-refractivity contribution is 5.81. The Morgan fingerprint density at radius 3 is 2.49 bits per heavy atom. The van der Waals surface area contributed by atoms with E-state index >= 15 is 0 Å². The van der Waals surface area contributed by atoms with Crippen LogP contribution in [0.3, 0.4) is 0 Å². The topological polar surface area (TPSA) is 76.7 Å². The molecular weight excluding hydrogens is 455 g/mol. The van der Waals surface area contributed by atoms with Gasteiger partial charge >= 0.3 is 12.2 Å². The number of hydrogen-bond donors (Lipinski definition) is 1. The van der Waals surface area contributed by atoms with Crippen LogP contribution in [0.15, 0.2) is 83.5 Å². The third-order valence-corrected chi connectivity index (χ3v) is 5.22. The Balaban J connectivity index is 0.000000201. The van der Waals surface area contributed by atoms with E-state index in [0.29, 0.717) is 11.3 Å². The van der Waals surface area contributed by atoms with Crippen LogP contribution in [0.2, 0.25) is 0 Å². The molecule has 2 aromatic carbocycles. The van der Waals surface area contributed by atoms with Crippen molar-refractivity contribution in [2.75, 3.05) is 5.32 Å². The molecule has 178 valence electrons. The standard InChI is InChI=1S/C15H11F3N4O.C11H11N/c1-9-12(6-3-7-19-9)13-21-22-14(23-13)20-11-5-2-4-10(8-11)15(16,17)18;1-2-9-7-8-12-11-6-4-3-5-10(9)11/h2-8H,1H3,(H,20,22);3-8H,2H2,1H3. The number of hydrogen-bond acceptors (Lipinski definition) is 6. The lowest BCUT2D eigenvalue weighted by Crippen LogP contribution is -2.05. The Kier molecular flexibility index (Phi) is 7.05. The van der Waals surface area contributed by atoms with Crippen molar-refractivity contribution < 1.29 is 17.6 Å². The summed E-state index contributed by atoms with van der Waals surface area (Å²) in [5.74, 6) is 0.241. The summed E-state index contributed by atoms with van der Waals surface area (Å²) in [6.45, 7) is 3.96. The van der Waals surface area contributed by atoms with Crippen molar-refractivity contribution in [1.82, 2.24) is 20.2 Å². The first-order chi connectivity index (χ1) is 16.8. The number of anilines is 2. The number of aromatic nitrogens is 4. The fraction of sp³-hybridized carbons (Fsp3) is 0.154. The maximum absolute atomic E-state index is 12.7. The molecule has 3 heterocycles. The zero-order valence-corrected chi connectivity index (χ0v) is 19.0. The molecule has 1 N–H and O–H groups in total. The number of nitrogens with one attached hydrogen (secondary N) is 1. The molecule has 0 aliphatic rings. The van der Waals surface area contributed by atoms with E-state index in [-0.39, 0.29) is 17.6 Å². The number of alkyl halides is 3. The van der Waals surface area contributed by atoms with Crippen molar-refractivity contribution in [1.29, 1.82) is 0 Å². The second-order valence-corrected chi connectivity index (χ2v) is 7.59. The van der Waals surface area contributed by atoms with Gasteiger partial charge in [0, 0.05) is 29.2 Å². The molecule has 9 heteroatoms. The van der Waals surface area contributed by atoms with E-state index in [0.717, 1.165) is 24.1 Å². The fourth-order valence-electron chi connectivity index (χ4n) is 3.45. The summed E-state index contributed by atoms with van der Waals surface area (Å²) in [7, 11) is 0. The van der Waals surface area contributed by atoms with Crippen LogP contribution in [0.5, 0.6) is 0 Å². The van der Waals surface area contributed by atoms with E-state index in [1.165, 1.54) is 23.1 Å². The number of rotatable bonds is 4. The van der Waals surface area contributed by atoms with E-state index in [1.807, 2.05) is 12.3 Å². The minimum Gasteiger partial charge on any atom is -0.403 e. The maximum atomic E-state index is 12.7. The molecule has 5 aromatic rings. The van der Waals surface area contributed by atoms with Crippen LogP contribution in [0.25, 0.3) is 22.4 Å². The number of para-hydroxylation sites is 1. The molecular formula is C26H22F3N5O. The third-order valence-electron chi connectivity index (χ3n) is 5.22. The Hall–Kier alpha value is -4.27. The van der Waals surface area contributed by atoms with E-state index < -0.39 is 11.7 Å². The van der Waals surface area contributed by atoms with Gasteiger partial charge in [0.25, 0.3) is 5.89 Å². The highest BCUT2D eigenvalue weighted by Crippen LogP contribution is 2.31. The van der Waals surface area contributed by atoms with E-state index in [1.54, 1.807) is 25.3 Å². The Labute approximate surface area is 199 Å². The molecule has 35 heavy (non-hydrogen) atoms. The van der Waals surface area contributed by atoms with Gasteiger partial charge in [-0.1, -0.05) is 36.3 Å². The van der Waals surface area contributed by atoms with Crippen molar-refractivity contribution in [2.45, 2.75) is 26.4 Å². The van der Waals surface area contributed by atoms with Gasteiger partial charge in [-0.25, -0.2) is 0 Å². The molecule has 0 amide bonds.